The molecule has 0 amide bonds. The highest BCUT2D eigenvalue weighted by Crippen LogP contribution is 2.34. The van der Waals surface area contributed by atoms with Crippen molar-refractivity contribution in [1.82, 2.24) is 15.1 Å². The van der Waals surface area contributed by atoms with E-state index in [9.17, 15) is 0 Å². The molecule has 2 unspecified atom stereocenters. The van der Waals surface area contributed by atoms with Gasteiger partial charge in [0.25, 0.3) is 0 Å². The number of nitrogens with one attached hydrogen (secondary N) is 1. The van der Waals surface area contributed by atoms with E-state index in [4.69, 9.17) is 0 Å². The van der Waals surface area contributed by atoms with E-state index in [0.29, 0.717) is 0 Å². The van der Waals surface area contributed by atoms with Crippen LogP contribution in [-0.4, -0.2) is 61.7 Å². The summed E-state index contributed by atoms with van der Waals surface area (Å²) in [5.74, 6) is 0.927. The lowest BCUT2D eigenvalue weighted by Crippen LogP contribution is -2.55. The zero-order valence-electron chi connectivity index (χ0n) is 12.6. The van der Waals surface area contributed by atoms with Crippen molar-refractivity contribution in [3.05, 3.63) is 0 Å². The van der Waals surface area contributed by atoms with Crippen LogP contribution in [0.2, 0.25) is 0 Å². The molecule has 0 bridgehead atoms. The number of nitrogens with zero attached hydrogens (tertiary/aromatic N) is 2. The quantitative estimate of drug-likeness (QED) is 0.838. The summed E-state index contributed by atoms with van der Waals surface area (Å²) < 4.78 is 0. The Hall–Kier alpha value is -0.120. The van der Waals surface area contributed by atoms with Crippen LogP contribution in [0.15, 0.2) is 0 Å². The summed E-state index contributed by atoms with van der Waals surface area (Å²) in [6, 6.07) is 1.80. The highest BCUT2D eigenvalue weighted by Gasteiger charge is 2.37. The Bertz CT molecular complexity index is 267. The van der Waals surface area contributed by atoms with Gasteiger partial charge in [-0.3, -0.25) is 4.90 Å². The summed E-state index contributed by atoms with van der Waals surface area (Å²) in [5, 5.41) is 3.36. The second-order valence-corrected chi connectivity index (χ2v) is 6.83. The minimum absolute atomic E-state index is 0.898. The summed E-state index contributed by atoms with van der Waals surface area (Å²) in [5.41, 5.74) is 0. The lowest BCUT2D eigenvalue weighted by molar-refractivity contribution is 0.0169. The molecule has 3 nitrogen and oxygen atoms in total. The average molecular weight is 265 g/mol. The van der Waals surface area contributed by atoms with Crippen LogP contribution in [0.1, 0.15) is 44.9 Å². The van der Waals surface area contributed by atoms with Crippen LogP contribution in [-0.2, 0) is 0 Å². The van der Waals surface area contributed by atoms with E-state index in [1.807, 2.05) is 0 Å². The molecule has 110 valence electrons. The minimum Gasteiger partial charge on any atom is -0.319 e. The van der Waals surface area contributed by atoms with Crippen LogP contribution in [0.3, 0.4) is 0 Å². The van der Waals surface area contributed by atoms with Gasteiger partial charge in [-0.2, -0.15) is 0 Å². The van der Waals surface area contributed by atoms with Crippen LogP contribution in [0.25, 0.3) is 0 Å². The maximum absolute atomic E-state index is 3.36. The minimum atomic E-state index is 0.898. The first-order chi connectivity index (χ1) is 9.38. The SMILES string of the molecule is CNCC1CCC1N1CCC(N2CCCCC2)CC1. The van der Waals surface area contributed by atoms with Crippen molar-refractivity contribution < 1.29 is 0 Å². The van der Waals surface area contributed by atoms with Gasteiger partial charge in [-0.05, 0) is 84.2 Å². The predicted octanol–water partition coefficient (Wildman–Crippen LogP) is 1.93. The molecular weight excluding hydrogens is 234 g/mol. The molecule has 3 rings (SSSR count). The molecule has 2 saturated heterocycles. The van der Waals surface area contributed by atoms with Crippen LogP contribution in [0.5, 0.6) is 0 Å². The first-order valence-electron chi connectivity index (χ1n) is 8.51. The van der Waals surface area contributed by atoms with Crippen molar-refractivity contribution >= 4 is 0 Å². The molecule has 19 heavy (non-hydrogen) atoms. The molecule has 0 aromatic heterocycles. The molecule has 0 aromatic rings. The van der Waals surface area contributed by atoms with E-state index in [2.05, 4.69) is 22.2 Å². The third kappa shape index (κ3) is 3.14. The monoisotopic (exact) mass is 265 g/mol. The second kappa shape index (κ2) is 6.55. The lowest BCUT2D eigenvalue weighted by Gasteiger charge is -2.48. The molecule has 2 aliphatic heterocycles. The van der Waals surface area contributed by atoms with Crippen LogP contribution in [0, 0.1) is 5.92 Å². The van der Waals surface area contributed by atoms with Crippen molar-refractivity contribution in [2.75, 3.05) is 39.8 Å². The fourth-order valence-corrected chi connectivity index (χ4v) is 4.40. The molecule has 1 aliphatic carbocycles. The number of piperidine rings is 2. The Kier molecular flexibility index (Phi) is 4.78. The van der Waals surface area contributed by atoms with E-state index in [0.717, 1.165) is 18.0 Å². The fraction of sp³-hybridized carbons (Fsp3) is 1.00. The van der Waals surface area contributed by atoms with Gasteiger partial charge in [0.05, 0.1) is 0 Å². The Labute approximate surface area is 118 Å². The fourth-order valence-electron chi connectivity index (χ4n) is 4.40. The number of likely N-dealkylation sites (tertiary alicyclic amines) is 2. The molecule has 1 saturated carbocycles. The number of hydrogen-bond acceptors (Lipinski definition) is 3. The molecular formula is C16H31N3. The predicted molar refractivity (Wildman–Crippen MR) is 80.5 cm³/mol. The standard InChI is InChI=1S/C16H31N3/c1-17-13-14-5-6-16(14)19-11-7-15(8-12-19)18-9-3-2-4-10-18/h14-17H,2-13H2,1H3. The van der Waals surface area contributed by atoms with Crippen LogP contribution >= 0.6 is 0 Å². The Balaban J connectivity index is 1.44. The zero-order chi connectivity index (χ0) is 13.1. The second-order valence-electron chi connectivity index (χ2n) is 6.83. The average Bonchev–Trinajstić information content (AvgIpc) is 2.45. The van der Waals surface area contributed by atoms with E-state index in [-0.39, 0.29) is 0 Å². The number of hydrogen-bond donors (Lipinski definition) is 1. The molecule has 0 radical (unpaired) electrons. The molecule has 0 aromatic carbocycles. The summed E-state index contributed by atoms with van der Waals surface area (Å²) in [7, 11) is 2.10. The van der Waals surface area contributed by atoms with Gasteiger partial charge in [0.15, 0.2) is 0 Å². The number of rotatable bonds is 4. The highest BCUT2D eigenvalue weighted by molar-refractivity contribution is 4.93. The van der Waals surface area contributed by atoms with Gasteiger partial charge in [0, 0.05) is 12.1 Å². The van der Waals surface area contributed by atoms with Gasteiger partial charge in [-0.15, -0.1) is 0 Å². The van der Waals surface area contributed by atoms with Crippen molar-refractivity contribution in [1.29, 1.82) is 0 Å². The summed E-state index contributed by atoms with van der Waals surface area (Å²) >= 11 is 0. The lowest BCUT2D eigenvalue weighted by atomic mass is 9.77. The smallest absolute Gasteiger partial charge is 0.0136 e. The molecule has 1 N–H and O–H groups in total. The first kappa shape index (κ1) is 13.8. The molecule has 3 heteroatoms. The van der Waals surface area contributed by atoms with E-state index < -0.39 is 0 Å². The summed E-state index contributed by atoms with van der Waals surface area (Å²) in [6.45, 7) is 6.67. The third-order valence-electron chi connectivity index (χ3n) is 5.72. The van der Waals surface area contributed by atoms with Gasteiger partial charge < -0.3 is 10.2 Å². The van der Waals surface area contributed by atoms with Gasteiger partial charge in [0.2, 0.25) is 0 Å². The van der Waals surface area contributed by atoms with Crippen molar-refractivity contribution in [2.45, 2.75) is 57.0 Å². The molecule has 2 heterocycles. The van der Waals surface area contributed by atoms with Crippen LogP contribution in [0.4, 0.5) is 0 Å². The molecule has 0 spiro atoms. The third-order valence-corrected chi connectivity index (χ3v) is 5.72. The normalized spacial score (nSPS) is 35.2. The molecule has 3 aliphatic rings. The summed E-state index contributed by atoms with van der Waals surface area (Å²) in [4.78, 5) is 5.58. The molecule has 3 fully saturated rings. The van der Waals surface area contributed by atoms with Gasteiger partial charge in [-0.1, -0.05) is 6.42 Å². The topological polar surface area (TPSA) is 18.5 Å². The van der Waals surface area contributed by atoms with E-state index >= 15 is 0 Å². The van der Waals surface area contributed by atoms with Crippen LogP contribution < -0.4 is 5.32 Å². The van der Waals surface area contributed by atoms with Crippen molar-refractivity contribution in [3.8, 4) is 0 Å². The van der Waals surface area contributed by atoms with E-state index in [1.165, 1.54) is 77.7 Å². The maximum Gasteiger partial charge on any atom is 0.0136 e. The van der Waals surface area contributed by atoms with Gasteiger partial charge in [-0.25, -0.2) is 0 Å². The Morgan fingerprint density at radius 3 is 2.16 bits per heavy atom. The molecule has 2 atom stereocenters. The van der Waals surface area contributed by atoms with Crippen molar-refractivity contribution in [3.63, 3.8) is 0 Å². The van der Waals surface area contributed by atoms with Gasteiger partial charge in [0.1, 0.15) is 0 Å². The summed E-state index contributed by atoms with van der Waals surface area (Å²) in [6.07, 6.45) is 10.1. The maximum atomic E-state index is 3.36. The Morgan fingerprint density at radius 1 is 0.842 bits per heavy atom. The zero-order valence-corrected chi connectivity index (χ0v) is 12.6. The van der Waals surface area contributed by atoms with Crippen molar-refractivity contribution in [2.24, 2.45) is 5.92 Å². The van der Waals surface area contributed by atoms with Gasteiger partial charge >= 0.3 is 0 Å². The van der Waals surface area contributed by atoms with E-state index in [1.54, 1.807) is 0 Å². The highest BCUT2D eigenvalue weighted by atomic mass is 15.2. The largest absolute Gasteiger partial charge is 0.319 e. The first-order valence-corrected chi connectivity index (χ1v) is 8.51. The Morgan fingerprint density at radius 2 is 1.58 bits per heavy atom.